The van der Waals surface area contributed by atoms with Gasteiger partial charge in [-0.05, 0) is 24.6 Å². The Bertz CT molecular complexity index is 662. The maximum Gasteiger partial charge on any atom is 0.390 e. The Morgan fingerprint density at radius 1 is 1.38 bits per heavy atom. The molecular weight excluding hydrogens is 285 g/mol. The zero-order chi connectivity index (χ0) is 15.6. The van der Waals surface area contributed by atoms with E-state index in [1.54, 1.807) is 0 Å². The van der Waals surface area contributed by atoms with Crippen LogP contribution in [0.1, 0.15) is 35.9 Å². The smallest absolute Gasteiger partial charge is 0.390 e. The van der Waals surface area contributed by atoms with Crippen molar-refractivity contribution in [3.05, 3.63) is 29.6 Å². The van der Waals surface area contributed by atoms with Crippen molar-refractivity contribution in [2.45, 2.75) is 38.9 Å². The molecule has 2 rings (SSSR count). The maximum atomic E-state index is 12.4. The zero-order valence-electron chi connectivity index (χ0n) is 11.4. The molecule has 1 heterocycles. The van der Waals surface area contributed by atoms with Crippen molar-refractivity contribution in [2.24, 2.45) is 0 Å². The van der Waals surface area contributed by atoms with E-state index in [9.17, 15) is 18.0 Å². The first kappa shape index (κ1) is 15.3. The monoisotopic (exact) mass is 300 g/mol. The summed E-state index contributed by atoms with van der Waals surface area (Å²) in [5.41, 5.74) is 0.993. The molecule has 0 aliphatic rings. The molecule has 0 aliphatic carbocycles. The summed E-state index contributed by atoms with van der Waals surface area (Å²) in [5, 5.41) is 8.99. The van der Waals surface area contributed by atoms with Gasteiger partial charge in [-0.25, -0.2) is 9.78 Å². The van der Waals surface area contributed by atoms with Gasteiger partial charge < -0.3 is 9.67 Å². The van der Waals surface area contributed by atoms with Gasteiger partial charge in [-0.1, -0.05) is 6.92 Å². The number of halogens is 3. The summed E-state index contributed by atoms with van der Waals surface area (Å²) in [6.07, 6.45) is -3.92. The Labute approximate surface area is 119 Å². The average Bonchev–Trinajstić information content (AvgIpc) is 2.72. The molecule has 0 fully saturated rings. The second-order valence-corrected chi connectivity index (χ2v) is 4.80. The molecule has 0 spiro atoms. The van der Waals surface area contributed by atoms with Crippen LogP contribution in [0.25, 0.3) is 11.0 Å². The third kappa shape index (κ3) is 3.53. The van der Waals surface area contributed by atoms with E-state index in [1.165, 1.54) is 22.8 Å². The number of nitrogens with zero attached hydrogens (tertiary/aromatic N) is 2. The molecule has 1 aromatic carbocycles. The van der Waals surface area contributed by atoms with Crippen molar-refractivity contribution in [1.82, 2.24) is 9.55 Å². The molecular formula is C14H15F3N2O2. The van der Waals surface area contributed by atoms with Crippen molar-refractivity contribution in [3.8, 4) is 0 Å². The number of aromatic nitrogens is 2. The molecule has 4 nitrogen and oxygen atoms in total. The number of fused-ring (bicyclic) bond motifs is 1. The first-order valence-corrected chi connectivity index (χ1v) is 6.61. The van der Waals surface area contributed by atoms with Crippen molar-refractivity contribution >= 4 is 17.0 Å². The summed E-state index contributed by atoms with van der Waals surface area (Å²) in [6.45, 7) is 1.66. The largest absolute Gasteiger partial charge is 0.478 e. The van der Waals surface area contributed by atoms with E-state index in [4.69, 9.17) is 5.11 Å². The van der Waals surface area contributed by atoms with Gasteiger partial charge in [0.1, 0.15) is 5.82 Å². The van der Waals surface area contributed by atoms with E-state index >= 15 is 0 Å². The van der Waals surface area contributed by atoms with Crippen molar-refractivity contribution < 1.29 is 23.1 Å². The van der Waals surface area contributed by atoms with Gasteiger partial charge in [-0.3, -0.25) is 0 Å². The summed E-state index contributed by atoms with van der Waals surface area (Å²) >= 11 is 0. The number of carbonyl (C=O) groups is 1. The van der Waals surface area contributed by atoms with E-state index in [0.717, 1.165) is 6.42 Å². The van der Waals surface area contributed by atoms with Crippen LogP contribution in [-0.4, -0.2) is 26.8 Å². The van der Waals surface area contributed by atoms with Crippen molar-refractivity contribution in [1.29, 1.82) is 0 Å². The van der Waals surface area contributed by atoms with E-state index in [1.807, 2.05) is 6.92 Å². The van der Waals surface area contributed by atoms with Gasteiger partial charge >= 0.3 is 12.1 Å². The molecule has 1 aromatic heterocycles. The van der Waals surface area contributed by atoms with E-state index in [0.29, 0.717) is 23.3 Å². The maximum absolute atomic E-state index is 12.4. The Morgan fingerprint density at radius 3 is 2.67 bits per heavy atom. The quantitative estimate of drug-likeness (QED) is 0.917. The van der Waals surface area contributed by atoms with Gasteiger partial charge in [0.05, 0.1) is 23.0 Å². The van der Waals surface area contributed by atoms with Crippen molar-refractivity contribution in [2.75, 3.05) is 0 Å². The number of imidazole rings is 1. The molecule has 7 heteroatoms. The highest BCUT2D eigenvalue weighted by atomic mass is 19.4. The summed E-state index contributed by atoms with van der Waals surface area (Å²) in [6, 6.07) is 4.31. The van der Waals surface area contributed by atoms with Crippen LogP contribution in [0, 0.1) is 0 Å². The third-order valence-electron chi connectivity index (χ3n) is 3.17. The number of alkyl halides is 3. The highest BCUT2D eigenvalue weighted by molar-refractivity contribution is 5.92. The first-order chi connectivity index (χ1) is 9.81. The molecule has 114 valence electrons. The lowest BCUT2D eigenvalue weighted by atomic mass is 10.2. The predicted molar refractivity (Wildman–Crippen MR) is 71.4 cm³/mol. The van der Waals surface area contributed by atoms with Gasteiger partial charge in [-0.15, -0.1) is 0 Å². The minimum Gasteiger partial charge on any atom is -0.478 e. The van der Waals surface area contributed by atoms with E-state index < -0.39 is 18.6 Å². The molecule has 0 saturated carbocycles. The third-order valence-corrected chi connectivity index (χ3v) is 3.17. The number of carboxylic acid groups (broad SMARTS) is 1. The molecule has 1 N–H and O–H groups in total. The van der Waals surface area contributed by atoms with Crippen LogP contribution in [0.5, 0.6) is 0 Å². The Kier molecular flexibility index (Phi) is 4.20. The lowest BCUT2D eigenvalue weighted by Gasteiger charge is -2.11. The minimum absolute atomic E-state index is 0.0405. The average molecular weight is 300 g/mol. The number of carboxylic acids is 1. The number of hydrogen-bond acceptors (Lipinski definition) is 2. The Balaban J connectivity index is 2.48. The molecule has 0 radical (unpaired) electrons. The highest BCUT2D eigenvalue weighted by Crippen LogP contribution is 2.24. The molecule has 0 bridgehead atoms. The van der Waals surface area contributed by atoms with Gasteiger partial charge in [-0.2, -0.15) is 13.2 Å². The molecule has 0 atom stereocenters. The van der Waals surface area contributed by atoms with Crippen LogP contribution in [-0.2, 0) is 13.0 Å². The first-order valence-electron chi connectivity index (χ1n) is 6.61. The van der Waals surface area contributed by atoms with E-state index in [-0.39, 0.29) is 12.1 Å². The standard InChI is InChI=1S/C14H15F3N2O2/c1-2-3-12-18-10-5-4-9(13(20)21)8-11(10)19(12)7-6-14(15,16)17/h4-5,8H,2-3,6-7H2,1H3,(H,20,21). The SMILES string of the molecule is CCCc1nc2ccc(C(=O)O)cc2n1CCC(F)(F)F. The molecule has 0 aliphatic heterocycles. The van der Waals surface area contributed by atoms with Crippen LogP contribution in [0.3, 0.4) is 0 Å². The zero-order valence-corrected chi connectivity index (χ0v) is 11.4. The Hall–Kier alpha value is -2.05. The van der Waals surface area contributed by atoms with E-state index in [2.05, 4.69) is 4.98 Å². The van der Waals surface area contributed by atoms with Crippen molar-refractivity contribution in [3.63, 3.8) is 0 Å². The lowest BCUT2D eigenvalue weighted by molar-refractivity contribution is -0.136. The molecule has 0 saturated heterocycles. The Morgan fingerprint density at radius 2 is 2.10 bits per heavy atom. The van der Waals surface area contributed by atoms with Crippen LogP contribution < -0.4 is 0 Å². The lowest BCUT2D eigenvalue weighted by Crippen LogP contribution is -2.14. The molecule has 21 heavy (non-hydrogen) atoms. The predicted octanol–water partition coefficient (Wildman–Crippen LogP) is 3.64. The normalized spacial score (nSPS) is 12.0. The fourth-order valence-corrected chi connectivity index (χ4v) is 2.21. The minimum atomic E-state index is -4.26. The number of aryl methyl sites for hydroxylation is 2. The van der Waals surface area contributed by atoms with Gasteiger partial charge in [0.25, 0.3) is 0 Å². The number of benzene rings is 1. The van der Waals surface area contributed by atoms with Crippen LogP contribution in [0.4, 0.5) is 13.2 Å². The summed E-state index contributed by atoms with van der Waals surface area (Å²) in [5.74, 6) is -0.559. The fraction of sp³-hybridized carbons (Fsp3) is 0.429. The molecule has 2 aromatic rings. The van der Waals surface area contributed by atoms with Gasteiger partial charge in [0.2, 0.25) is 0 Å². The second kappa shape index (κ2) is 5.75. The molecule has 0 amide bonds. The fourth-order valence-electron chi connectivity index (χ4n) is 2.21. The number of hydrogen-bond donors (Lipinski definition) is 1. The summed E-state index contributed by atoms with van der Waals surface area (Å²) in [7, 11) is 0. The van der Waals surface area contributed by atoms with Crippen LogP contribution in [0.15, 0.2) is 18.2 Å². The van der Waals surface area contributed by atoms with Gasteiger partial charge in [0, 0.05) is 13.0 Å². The van der Waals surface area contributed by atoms with Gasteiger partial charge in [0.15, 0.2) is 0 Å². The summed E-state index contributed by atoms with van der Waals surface area (Å²) in [4.78, 5) is 15.3. The number of rotatable bonds is 5. The highest BCUT2D eigenvalue weighted by Gasteiger charge is 2.27. The van der Waals surface area contributed by atoms with Crippen LogP contribution in [0.2, 0.25) is 0 Å². The topological polar surface area (TPSA) is 55.1 Å². The summed E-state index contributed by atoms with van der Waals surface area (Å²) < 4.78 is 38.8. The molecule has 0 unspecified atom stereocenters. The number of aromatic carboxylic acids is 1. The van der Waals surface area contributed by atoms with Crippen LogP contribution >= 0.6 is 0 Å². The second-order valence-electron chi connectivity index (χ2n) is 4.80.